The van der Waals surface area contributed by atoms with Gasteiger partial charge in [0.15, 0.2) is 0 Å². The summed E-state index contributed by atoms with van der Waals surface area (Å²) in [5, 5.41) is 0. The second-order valence-electron chi connectivity index (χ2n) is 3.25. The zero-order valence-corrected chi connectivity index (χ0v) is 9.35. The Morgan fingerprint density at radius 1 is 1.50 bits per heavy atom. The lowest BCUT2D eigenvalue weighted by molar-refractivity contribution is 0.0810. The predicted molar refractivity (Wildman–Crippen MR) is 60.1 cm³/mol. The van der Waals surface area contributed by atoms with E-state index in [-0.39, 0.29) is 17.1 Å². The van der Waals surface area contributed by atoms with E-state index >= 15 is 0 Å². The van der Waals surface area contributed by atoms with Crippen LogP contribution in [0.2, 0.25) is 0 Å². The van der Waals surface area contributed by atoms with Gasteiger partial charge in [-0.25, -0.2) is 8.78 Å². The highest BCUT2D eigenvalue weighted by atomic mass is 32.1. The SMILES string of the molecule is CN(CC(N)=S)C(=O)c1cc(F)ccc1F. The molecule has 0 atom stereocenters. The summed E-state index contributed by atoms with van der Waals surface area (Å²) in [6.07, 6.45) is 0. The quantitative estimate of drug-likeness (QED) is 0.816. The molecular formula is C10H10F2N2OS. The Morgan fingerprint density at radius 3 is 2.69 bits per heavy atom. The molecule has 1 amide bonds. The zero-order chi connectivity index (χ0) is 12.3. The summed E-state index contributed by atoms with van der Waals surface area (Å²) in [7, 11) is 1.41. The summed E-state index contributed by atoms with van der Waals surface area (Å²) < 4.78 is 26.1. The number of carbonyl (C=O) groups excluding carboxylic acids is 1. The largest absolute Gasteiger partial charge is 0.392 e. The van der Waals surface area contributed by atoms with E-state index in [1.165, 1.54) is 7.05 Å². The van der Waals surface area contributed by atoms with Gasteiger partial charge < -0.3 is 10.6 Å². The number of hydrogen-bond donors (Lipinski definition) is 1. The maximum Gasteiger partial charge on any atom is 0.257 e. The first-order chi connectivity index (χ1) is 7.41. The number of carbonyl (C=O) groups is 1. The van der Waals surface area contributed by atoms with E-state index in [9.17, 15) is 13.6 Å². The normalized spacial score (nSPS) is 9.94. The van der Waals surface area contributed by atoms with Gasteiger partial charge in [0.05, 0.1) is 17.1 Å². The molecule has 0 saturated carbocycles. The third kappa shape index (κ3) is 2.96. The van der Waals surface area contributed by atoms with Crippen LogP contribution in [0.25, 0.3) is 0 Å². The second kappa shape index (κ2) is 4.98. The molecular weight excluding hydrogens is 234 g/mol. The van der Waals surface area contributed by atoms with Crippen LogP contribution in [0.1, 0.15) is 10.4 Å². The van der Waals surface area contributed by atoms with E-state index in [4.69, 9.17) is 5.73 Å². The number of rotatable bonds is 3. The number of likely N-dealkylation sites (N-methyl/N-ethyl adjacent to an activating group) is 1. The first kappa shape index (κ1) is 12.5. The number of hydrogen-bond acceptors (Lipinski definition) is 2. The molecule has 1 aromatic rings. The van der Waals surface area contributed by atoms with Crippen molar-refractivity contribution >= 4 is 23.1 Å². The highest BCUT2D eigenvalue weighted by molar-refractivity contribution is 7.80. The third-order valence-corrected chi connectivity index (χ3v) is 2.03. The molecule has 0 radical (unpaired) electrons. The summed E-state index contributed by atoms with van der Waals surface area (Å²) in [6, 6.07) is 2.69. The van der Waals surface area contributed by atoms with Crippen LogP contribution in [0.5, 0.6) is 0 Å². The first-order valence-corrected chi connectivity index (χ1v) is 4.81. The van der Waals surface area contributed by atoms with Crippen molar-refractivity contribution in [3.05, 3.63) is 35.4 Å². The minimum absolute atomic E-state index is 0.0180. The molecule has 0 fully saturated rings. The zero-order valence-electron chi connectivity index (χ0n) is 8.54. The van der Waals surface area contributed by atoms with E-state index in [1.807, 2.05) is 0 Å². The molecule has 0 aliphatic rings. The average Bonchev–Trinajstić information content (AvgIpc) is 2.19. The number of halogens is 2. The fourth-order valence-electron chi connectivity index (χ4n) is 1.17. The highest BCUT2D eigenvalue weighted by Crippen LogP contribution is 2.11. The fourth-order valence-corrected chi connectivity index (χ4v) is 1.37. The molecule has 6 heteroatoms. The first-order valence-electron chi connectivity index (χ1n) is 4.40. The molecule has 3 nitrogen and oxygen atoms in total. The van der Waals surface area contributed by atoms with Gasteiger partial charge in [0, 0.05) is 7.05 Å². The monoisotopic (exact) mass is 244 g/mol. The van der Waals surface area contributed by atoms with Crippen molar-refractivity contribution in [1.29, 1.82) is 0 Å². The minimum Gasteiger partial charge on any atom is -0.392 e. The van der Waals surface area contributed by atoms with Gasteiger partial charge in [-0.1, -0.05) is 12.2 Å². The molecule has 86 valence electrons. The Labute approximate surface area is 96.8 Å². The van der Waals surface area contributed by atoms with Gasteiger partial charge in [0.25, 0.3) is 5.91 Å². The second-order valence-corrected chi connectivity index (χ2v) is 3.78. The minimum atomic E-state index is -0.777. The maximum absolute atomic E-state index is 13.2. The molecule has 0 aromatic heterocycles. The lowest BCUT2D eigenvalue weighted by Crippen LogP contribution is -2.34. The number of benzene rings is 1. The van der Waals surface area contributed by atoms with Gasteiger partial charge in [-0.15, -0.1) is 0 Å². The van der Waals surface area contributed by atoms with Gasteiger partial charge in [-0.2, -0.15) is 0 Å². The summed E-state index contributed by atoms with van der Waals surface area (Å²) in [5.74, 6) is -2.11. The van der Waals surface area contributed by atoms with Crippen molar-refractivity contribution in [2.24, 2.45) is 5.73 Å². The van der Waals surface area contributed by atoms with Crippen LogP contribution in [-0.2, 0) is 0 Å². The van der Waals surface area contributed by atoms with Crippen molar-refractivity contribution in [3.8, 4) is 0 Å². The standard InChI is InChI=1S/C10H10F2N2OS/c1-14(5-9(13)16)10(15)7-4-6(11)2-3-8(7)12/h2-4H,5H2,1H3,(H2,13,16). The van der Waals surface area contributed by atoms with Gasteiger partial charge in [-0.05, 0) is 18.2 Å². The lowest BCUT2D eigenvalue weighted by Gasteiger charge is -2.16. The average molecular weight is 244 g/mol. The van der Waals surface area contributed by atoms with Crippen LogP contribution in [0, 0.1) is 11.6 Å². The molecule has 0 unspecified atom stereocenters. The summed E-state index contributed by atoms with van der Waals surface area (Å²) in [4.78, 5) is 12.9. The number of nitrogens with two attached hydrogens (primary N) is 1. The number of amides is 1. The van der Waals surface area contributed by atoms with E-state index < -0.39 is 17.5 Å². The van der Waals surface area contributed by atoms with Crippen LogP contribution in [0.4, 0.5) is 8.78 Å². The van der Waals surface area contributed by atoms with Crippen LogP contribution in [0.3, 0.4) is 0 Å². The van der Waals surface area contributed by atoms with Crippen LogP contribution in [-0.4, -0.2) is 29.4 Å². The Balaban J connectivity index is 2.95. The molecule has 0 heterocycles. The molecule has 0 spiro atoms. The van der Waals surface area contributed by atoms with Gasteiger partial charge >= 0.3 is 0 Å². The molecule has 2 N–H and O–H groups in total. The number of thiocarbonyl (C=S) groups is 1. The lowest BCUT2D eigenvalue weighted by atomic mass is 10.2. The number of nitrogens with zero attached hydrogens (tertiary/aromatic N) is 1. The van der Waals surface area contributed by atoms with Gasteiger partial charge in [0.2, 0.25) is 0 Å². The smallest absolute Gasteiger partial charge is 0.257 e. The molecule has 0 saturated heterocycles. The molecule has 0 aliphatic heterocycles. The Hall–Kier alpha value is -1.56. The van der Waals surface area contributed by atoms with Crippen molar-refractivity contribution in [3.63, 3.8) is 0 Å². The summed E-state index contributed by atoms with van der Waals surface area (Å²) in [5.41, 5.74) is 4.91. The topological polar surface area (TPSA) is 46.3 Å². The Bertz CT molecular complexity index is 437. The molecule has 0 aliphatic carbocycles. The van der Waals surface area contributed by atoms with Gasteiger partial charge in [0.1, 0.15) is 11.6 Å². The van der Waals surface area contributed by atoms with Crippen molar-refractivity contribution in [2.75, 3.05) is 13.6 Å². The predicted octanol–water partition coefficient (Wildman–Crippen LogP) is 1.32. The fraction of sp³-hybridized carbons (Fsp3) is 0.200. The van der Waals surface area contributed by atoms with Crippen molar-refractivity contribution in [1.82, 2.24) is 4.90 Å². The summed E-state index contributed by atoms with van der Waals surface area (Å²) in [6.45, 7) is 0.0180. The Morgan fingerprint density at radius 2 is 2.12 bits per heavy atom. The van der Waals surface area contributed by atoms with Gasteiger partial charge in [-0.3, -0.25) is 4.79 Å². The molecule has 0 bridgehead atoms. The van der Waals surface area contributed by atoms with E-state index in [2.05, 4.69) is 12.2 Å². The van der Waals surface area contributed by atoms with Crippen LogP contribution >= 0.6 is 12.2 Å². The molecule has 1 aromatic carbocycles. The third-order valence-electron chi connectivity index (χ3n) is 1.90. The van der Waals surface area contributed by atoms with Crippen molar-refractivity contribution < 1.29 is 13.6 Å². The molecule has 16 heavy (non-hydrogen) atoms. The summed E-state index contributed by atoms with van der Waals surface area (Å²) >= 11 is 4.62. The van der Waals surface area contributed by atoms with Crippen LogP contribution < -0.4 is 5.73 Å². The van der Waals surface area contributed by atoms with E-state index in [1.54, 1.807) is 0 Å². The van der Waals surface area contributed by atoms with Crippen molar-refractivity contribution in [2.45, 2.75) is 0 Å². The van der Waals surface area contributed by atoms with E-state index in [0.29, 0.717) is 0 Å². The van der Waals surface area contributed by atoms with Crippen LogP contribution in [0.15, 0.2) is 18.2 Å². The Kier molecular flexibility index (Phi) is 3.89. The molecule has 1 rings (SSSR count). The maximum atomic E-state index is 13.2. The van der Waals surface area contributed by atoms with E-state index in [0.717, 1.165) is 23.1 Å². The highest BCUT2D eigenvalue weighted by Gasteiger charge is 2.17.